The zero-order valence-corrected chi connectivity index (χ0v) is 14.3. The summed E-state index contributed by atoms with van der Waals surface area (Å²) in [5.74, 6) is 0. The van der Waals surface area contributed by atoms with Gasteiger partial charge in [-0.15, -0.1) is 0 Å². The third-order valence-corrected chi connectivity index (χ3v) is 2.38. The van der Waals surface area contributed by atoms with Crippen molar-refractivity contribution >= 4 is 6.29 Å². The molecule has 0 aromatic carbocycles. The van der Waals surface area contributed by atoms with Crippen molar-refractivity contribution in [3.63, 3.8) is 0 Å². The predicted molar refractivity (Wildman–Crippen MR) is 87.9 cm³/mol. The number of rotatable bonds is 10. The van der Waals surface area contributed by atoms with Gasteiger partial charge >= 0.3 is 0 Å². The van der Waals surface area contributed by atoms with Crippen LogP contribution in [-0.2, 0) is 4.79 Å². The van der Waals surface area contributed by atoms with E-state index in [4.69, 9.17) is 0 Å². The van der Waals surface area contributed by atoms with Crippen LogP contribution in [-0.4, -0.2) is 44.4 Å². The van der Waals surface area contributed by atoms with Gasteiger partial charge in [-0.25, -0.2) is 0 Å². The van der Waals surface area contributed by atoms with Crippen LogP contribution in [0.25, 0.3) is 0 Å². The number of nitrogens with one attached hydrogen (secondary N) is 1. The van der Waals surface area contributed by atoms with Crippen molar-refractivity contribution in [1.29, 1.82) is 0 Å². The predicted octanol–water partition coefficient (Wildman–Crippen LogP) is 3.73. The fraction of sp³-hybridized carbons (Fsp3) is 0.938. The molecule has 0 bridgehead atoms. The lowest BCUT2D eigenvalue weighted by molar-refractivity contribution is -0.107. The molecule has 0 rings (SSSR count). The average Bonchev–Trinajstić information content (AvgIpc) is 2.47. The molecule has 0 aliphatic carbocycles. The maximum Gasteiger partial charge on any atom is 0.119 e. The first-order chi connectivity index (χ1) is 9.22. The van der Waals surface area contributed by atoms with Gasteiger partial charge in [-0.1, -0.05) is 41.0 Å². The van der Waals surface area contributed by atoms with Crippen LogP contribution in [0.3, 0.4) is 0 Å². The van der Waals surface area contributed by atoms with E-state index in [0.717, 1.165) is 6.29 Å². The maximum absolute atomic E-state index is 9.17. The quantitative estimate of drug-likeness (QED) is 0.486. The van der Waals surface area contributed by atoms with Crippen LogP contribution < -0.4 is 5.32 Å². The van der Waals surface area contributed by atoms with E-state index < -0.39 is 0 Å². The molecular formula is C16H38N2O. The van der Waals surface area contributed by atoms with Crippen molar-refractivity contribution in [3.8, 4) is 0 Å². The fourth-order valence-corrected chi connectivity index (χ4v) is 1.32. The van der Waals surface area contributed by atoms with E-state index in [1.807, 2.05) is 20.8 Å². The van der Waals surface area contributed by atoms with Gasteiger partial charge in [0.2, 0.25) is 0 Å². The summed E-state index contributed by atoms with van der Waals surface area (Å²) in [7, 11) is 2.22. The largest absolute Gasteiger partial charge is 0.317 e. The third kappa shape index (κ3) is 31.8. The summed E-state index contributed by atoms with van der Waals surface area (Å²) in [4.78, 5) is 11.6. The first-order valence-electron chi connectivity index (χ1n) is 8.05. The smallest absolute Gasteiger partial charge is 0.119 e. The molecule has 0 amide bonds. The van der Waals surface area contributed by atoms with Gasteiger partial charge in [-0.2, -0.15) is 0 Å². The Morgan fingerprint density at radius 1 is 0.947 bits per heavy atom. The summed E-state index contributed by atoms with van der Waals surface area (Å²) in [6.45, 7) is 15.1. The summed E-state index contributed by atoms with van der Waals surface area (Å²) >= 11 is 0. The number of carbonyl (C=O) groups is 1. The number of unbranched alkanes of at least 4 members (excludes halogenated alkanes) is 1. The number of nitrogens with zero attached hydrogens (tertiary/aromatic N) is 1. The zero-order chi connectivity index (χ0) is 15.4. The van der Waals surface area contributed by atoms with Crippen molar-refractivity contribution < 1.29 is 4.79 Å². The van der Waals surface area contributed by atoms with Crippen LogP contribution in [0.15, 0.2) is 0 Å². The van der Waals surface area contributed by atoms with Crippen molar-refractivity contribution in [2.45, 2.75) is 66.7 Å². The van der Waals surface area contributed by atoms with E-state index in [9.17, 15) is 4.79 Å². The first kappa shape index (κ1) is 23.7. The van der Waals surface area contributed by atoms with Crippen LogP contribution in [0, 0.1) is 0 Å². The standard InChI is InChI=1S/C11H26N2.C3H6O.C2H6/c1-4-6-10-13(3)11-7-9-12-8-5-2;1-2-3-4;1-2/h12H,4-11H2,1-3H3;3H,2H2,1H3;1-2H3. The molecule has 0 atom stereocenters. The van der Waals surface area contributed by atoms with Crippen molar-refractivity contribution in [2.24, 2.45) is 0 Å². The first-order valence-corrected chi connectivity index (χ1v) is 8.05. The van der Waals surface area contributed by atoms with Crippen LogP contribution in [0.4, 0.5) is 0 Å². The molecule has 3 heteroatoms. The molecule has 0 saturated carbocycles. The van der Waals surface area contributed by atoms with Gasteiger partial charge in [0.15, 0.2) is 0 Å². The molecule has 0 radical (unpaired) electrons. The summed E-state index contributed by atoms with van der Waals surface area (Å²) < 4.78 is 0. The van der Waals surface area contributed by atoms with Crippen LogP contribution in [0.5, 0.6) is 0 Å². The topological polar surface area (TPSA) is 32.3 Å². The lowest BCUT2D eigenvalue weighted by atomic mass is 10.3. The molecule has 0 aromatic rings. The lowest BCUT2D eigenvalue weighted by Gasteiger charge is -2.15. The van der Waals surface area contributed by atoms with Crippen LogP contribution >= 0.6 is 0 Å². The Morgan fingerprint density at radius 2 is 1.47 bits per heavy atom. The maximum atomic E-state index is 9.17. The molecule has 0 heterocycles. The molecule has 1 N–H and O–H groups in total. The highest BCUT2D eigenvalue weighted by Crippen LogP contribution is 1.92. The molecule has 0 saturated heterocycles. The highest BCUT2D eigenvalue weighted by Gasteiger charge is 1.95. The SMILES string of the molecule is CC.CCC=O.CCCCN(C)CCCNCCC. The van der Waals surface area contributed by atoms with Gasteiger partial charge in [0.25, 0.3) is 0 Å². The van der Waals surface area contributed by atoms with E-state index in [0.29, 0.717) is 6.42 Å². The molecule has 118 valence electrons. The van der Waals surface area contributed by atoms with E-state index in [-0.39, 0.29) is 0 Å². The Balaban J connectivity index is -0.000000361. The minimum absolute atomic E-state index is 0.639. The Labute approximate surface area is 122 Å². The molecule has 0 aliphatic rings. The van der Waals surface area contributed by atoms with Gasteiger partial charge in [0.05, 0.1) is 0 Å². The van der Waals surface area contributed by atoms with Gasteiger partial charge in [0.1, 0.15) is 6.29 Å². The van der Waals surface area contributed by atoms with E-state index in [1.54, 1.807) is 0 Å². The van der Waals surface area contributed by atoms with E-state index in [2.05, 4.69) is 31.1 Å². The zero-order valence-electron chi connectivity index (χ0n) is 14.3. The summed E-state index contributed by atoms with van der Waals surface area (Å²) in [5, 5.41) is 3.42. The summed E-state index contributed by atoms with van der Waals surface area (Å²) in [6, 6.07) is 0. The van der Waals surface area contributed by atoms with Gasteiger partial charge in [0, 0.05) is 6.42 Å². The van der Waals surface area contributed by atoms with E-state index in [1.165, 1.54) is 51.9 Å². The monoisotopic (exact) mass is 274 g/mol. The lowest BCUT2D eigenvalue weighted by Crippen LogP contribution is -2.25. The van der Waals surface area contributed by atoms with Gasteiger partial charge < -0.3 is 15.0 Å². The summed E-state index contributed by atoms with van der Waals surface area (Å²) in [6.07, 6.45) is 6.67. The third-order valence-electron chi connectivity index (χ3n) is 2.38. The van der Waals surface area contributed by atoms with Crippen molar-refractivity contribution in [1.82, 2.24) is 10.2 Å². The molecule has 0 aromatic heterocycles. The average molecular weight is 274 g/mol. The Kier molecular flexibility index (Phi) is 32.7. The second-order valence-electron chi connectivity index (χ2n) is 4.34. The van der Waals surface area contributed by atoms with Crippen molar-refractivity contribution in [2.75, 3.05) is 33.2 Å². The van der Waals surface area contributed by atoms with Crippen LogP contribution in [0.1, 0.15) is 66.7 Å². The van der Waals surface area contributed by atoms with Crippen molar-refractivity contribution in [3.05, 3.63) is 0 Å². The number of carbonyl (C=O) groups excluding carboxylic acids is 1. The normalized spacial score (nSPS) is 9.21. The number of hydrogen-bond donors (Lipinski definition) is 1. The highest BCUT2D eigenvalue weighted by molar-refractivity contribution is 5.48. The molecule has 0 fully saturated rings. The Morgan fingerprint density at radius 3 is 1.89 bits per heavy atom. The minimum atomic E-state index is 0.639. The number of aldehydes is 1. The number of hydrogen-bond acceptors (Lipinski definition) is 3. The molecule has 0 spiro atoms. The Hall–Kier alpha value is -0.410. The summed E-state index contributed by atoms with van der Waals surface area (Å²) in [5.41, 5.74) is 0. The molecule has 0 unspecified atom stereocenters. The molecule has 3 nitrogen and oxygen atoms in total. The molecular weight excluding hydrogens is 236 g/mol. The molecule has 19 heavy (non-hydrogen) atoms. The minimum Gasteiger partial charge on any atom is -0.317 e. The van der Waals surface area contributed by atoms with E-state index >= 15 is 0 Å². The fourth-order valence-electron chi connectivity index (χ4n) is 1.32. The van der Waals surface area contributed by atoms with Gasteiger partial charge in [-0.3, -0.25) is 0 Å². The second-order valence-corrected chi connectivity index (χ2v) is 4.34. The highest BCUT2D eigenvalue weighted by atomic mass is 16.1. The van der Waals surface area contributed by atoms with Crippen LogP contribution in [0.2, 0.25) is 0 Å². The second kappa shape index (κ2) is 26.2. The Bertz CT molecular complexity index is 141. The molecule has 0 aliphatic heterocycles. The van der Waals surface area contributed by atoms with Gasteiger partial charge in [-0.05, 0) is 52.5 Å².